The van der Waals surface area contributed by atoms with E-state index in [1.807, 2.05) is 38.1 Å². The number of piperazine rings is 1. The van der Waals surface area contributed by atoms with E-state index in [0.717, 1.165) is 37.5 Å². The van der Waals surface area contributed by atoms with Crippen molar-refractivity contribution in [2.24, 2.45) is 0 Å². The van der Waals surface area contributed by atoms with Gasteiger partial charge in [0.15, 0.2) is 0 Å². The average molecular weight is 330 g/mol. The van der Waals surface area contributed by atoms with Gasteiger partial charge in [-0.15, -0.1) is 0 Å². The van der Waals surface area contributed by atoms with Crippen LogP contribution in [-0.4, -0.2) is 43.4 Å². The molecule has 0 unspecified atom stereocenters. The molecular weight excluding hydrogens is 305 g/mol. The van der Waals surface area contributed by atoms with Crippen LogP contribution in [0.2, 0.25) is 0 Å². The second-order valence-electron chi connectivity index (χ2n) is 6.19. The van der Waals surface area contributed by atoms with Crippen LogP contribution in [-0.2, 0) is 0 Å². The van der Waals surface area contributed by atoms with Gasteiger partial charge in [0.1, 0.15) is 5.75 Å². The van der Waals surface area contributed by atoms with Crippen LogP contribution < -0.4 is 10.1 Å². The van der Waals surface area contributed by atoms with Crippen molar-refractivity contribution in [1.82, 2.24) is 10.2 Å². The molecule has 1 atom stereocenters. The van der Waals surface area contributed by atoms with Gasteiger partial charge in [0.25, 0.3) is 0 Å². The highest BCUT2D eigenvalue weighted by Gasteiger charge is 2.31. The Balaban J connectivity index is 2.11. The molecule has 6 heteroatoms. The highest BCUT2D eigenvalue weighted by molar-refractivity contribution is 5.29. The van der Waals surface area contributed by atoms with E-state index in [9.17, 15) is 13.2 Å². The summed E-state index contributed by atoms with van der Waals surface area (Å²) in [6.45, 7) is 7.06. The largest absolute Gasteiger partial charge is 0.491 e. The molecule has 1 aromatic rings. The highest BCUT2D eigenvalue weighted by Crippen LogP contribution is 2.32. The van der Waals surface area contributed by atoms with Gasteiger partial charge in [-0.05, 0) is 38.0 Å². The molecular formula is C17H25F3N2O. The van der Waals surface area contributed by atoms with Crippen LogP contribution in [0.4, 0.5) is 13.2 Å². The van der Waals surface area contributed by atoms with Gasteiger partial charge in [-0.2, -0.15) is 13.2 Å². The molecule has 1 aromatic carbocycles. The van der Waals surface area contributed by atoms with Crippen LogP contribution in [0, 0.1) is 0 Å². The molecule has 1 aliphatic heterocycles. The topological polar surface area (TPSA) is 24.5 Å². The number of rotatable bonds is 6. The maximum Gasteiger partial charge on any atom is 0.389 e. The SMILES string of the molecule is CC(C)Oc1ccc([C@H](CCC(F)(F)F)N2CCNCC2)cc1. The van der Waals surface area contributed by atoms with Gasteiger partial charge >= 0.3 is 6.18 Å². The Morgan fingerprint density at radius 2 is 1.74 bits per heavy atom. The number of benzene rings is 1. The quantitative estimate of drug-likeness (QED) is 0.859. The smallest absolute Gasteiger partial charge is 0.389 e. The normalized spacial score (nSPS) is 18.2. The third-order valence-corrected chi connectivity index (χ3v) is 3.93. The number of halogens is 3. The van der Waals surface area contributed by atoms with E-state index in [4.69, 9.17) is 4.74 Å². The summed E-state index contributed by atoms with van der Waals surface area (Å²) in [5.41, 5.74) is 0.923. The highest BCUT2D eigenvalue weighted by atomic mass is 19.4. The van der Waals surface area contributed by atoms with Crippen LogP contribution in [0.5, 0.6) is 5.75 Å². The predicted molar refractivity (Wildman–Crippen MR) is 84.7 cm³/mol. The summed E-state index contributed by atoms with van der Waals surface area (Å²) in [7, 11) is 0. The van der Waals surface area contributed by atoms with Crippen LogP contribution in [0.25, 0.3) is 0 Å². The Labute approximate surface area is 135 Å². The van der Waals surface area contributed by atoms with E-state index in [0.29, 0.717) is 0 Å². The van der Waals surface area contributed by atoms with Gasteiger partial charge < -0.3 is 10.1 Å². The molecule has 1 heterocycles. The van der Waals surface area contributed by atoms with Crippen LogP contribution in [0.15, 0.2) is 24.3 Å². The Kier molecular flexibility index (Phi) is 6.30. The first-order valence-electron chi connectivity index (χ1n) is 8.13. The first-order valence-corrected chi connectivity index (χ1v) is 8.13. The minimum absolute atomic E-state index is 0.0787. The molecule has 2 rings (SSSR count). The van der Waals surface area contributed by atoms with Crippen LogP contribution >= 0.6 is 0 Å². The molecule has 23 heavy (non-hydrogen) atoms. The fourth-order valence-electron chi connectivity index (χ4n) is 2.89. The van der Waals surface area contributed by atoms with E-state index in [-0.39, 0.29) is 18.6 Å². The minimum atomic E-state index is -4.12. The van der Waals surface area contributed by atoms with E-state index < -0.39 is 12.6 Å². The van der Waals surface area contributed by atoms with E-state index in [1.165, 1.54) is 0 Å². The molecule has 0 aromatic heterocycles. The lowest BCUT2D eigenvalue weighted by Gasteiger charge is -2.35. The summed E-state index contributed by atoms with van der Waals surface area (Å²) >= 11 is 0. The van der Waals surface area contributed by atoms with Gasteiger partial charge in [0, 0.05) is 38.6 Å². The van der Waals surface area contributed by atoms with E-state index in [2.05, 4.69) is 10.2 Å². The molecule has 0 spiro atoms. The maximum atomic E-state index is 12.7. The van der Waals surface area contributed by atoms with Crippen molar-refractivity contribution in [1.29, 1.82) is 0 Å². The standard InChI is InChI=1S/C17H25F3N2O/c1-13(2)23-15-5-3-14(4-6-15)16(7-8-17(18,19)20)22-11-9-21-10-12-22/h3-6,13,16,21H,7-12H2,1-2H3/t16-/m0/s1. The molecule has 1 saturated heterocycles. The summed E-state index contributed by atoms with van der Waals surface area (Å²) in [4.78, 5) is 2.14. The Hall–Kier alpha value is -1.27. The number of alkyl halides is 3. The van der Waals surface area contributed by atoms with Crippen molar-refractivity contribution in [2.45, 2.75) is 45.0 Å². The Bertz CT molecular complexity index is 468. The van der Waals surface area contributed by atoms with Gasteiger partial charge in [0.2, 0.25) is 0 Å². The lowest BCUT2D eigenvalue weighted by molar-refractivity contribution is -0.138. The molecule has 1 N–H and O–H groups in total. The zero-order chi connectivity index (χ0) is 16.9. The van der Waals surface area contributed by atoms with Gasteiger partial charge in [0.05, 0.1) is 6.10 Å². The first-order chi connectivity index (χ1) is 10.8. The summed E-state index contributed by atoms with van der Waals surface area (Å²) < 4.78 is 43.6. The molecule has 0 saturated carbocycles. The van der Waals surface area contributed by atoms with Crippen molar-refractivity contribution in [3.05, 3.63) is 29.8 Å². The Morgan fingerprint density at radius 1 is 1.13 bits per heavy atom. The fourth-order valence-corrected chi connectivity index (χ4v) is 2.89. The van der Waals surface area contributed by atoms with Gasteiger partial charge in [-0.1, -0.05) is 12.1 Å². The van der Waals surface area contributed by atoms with Crippen LogP contribution in [0.1, 0.15) is 38.3 Å². The zero-order valence-electron chi connectivity index (χ0n) is 13.7. The number of hydrogen-bond acceptors (Lipinski definition) is 3. The predicted octanol–water partition coefficient (Wildman–Crippen LogP) is 3.76. The molecule has 0 aliphatic carbocycles. The van der Waals surface area contributed by atoms with Gasteiger partial charge in [-0.3, -0.25) is 4.90 Å². The number of hydrogen-bond donors (Lipinski definition) is 1. The first kappa shape index (κ1) is 18.1. The van der Waals surface area contributed by atoms with Gasteiger partial charge in [-0.25, -0.2) is 0 Å². The van der Waals surface area contributed by atoms with Crippen LogP contribution in [0.3, 0.4) is 0 Å². The van der Waals surface area contributed by atoms with Crippen molar-refractivity contribution in [2.75, 3.05) is 26.2 Å². The summed E-state index contributed by atoms with van der Waals surface area (Å²) in [5, 5.41) is 3.24. The molecule has 0 radical (unpaired) electrons. The average Bonchev–Trinajstić information content (AvgIpc) is 2.48. The van der Waals surface area contributed by atoms with Crippen molar-refractivity contribution in [3.8, 4) is 5.75 Å². The lowest BCUT2D eigenvalue weighted by Crippen LogP contribution is -2.45. The monoisotopic (exact) mass is 330 g/mol. The van der Waals surface area contributed by atoms with E-state index >= 15 is 0 Å². The minimum Gasteiger partial charge on any atom is -0.491 e. The molecule has 0 bridgehead atoms. The third-order valence-electron chi connectivity index (χ3n) is 3.93. The number of nitrogens with zero attached hydrogens (tertiary/aromatic N) is 1. The third kappa shape index (κ3) is 6.03. The second kappa shape index (κ2) is 8.02. The zero-order valence-corrected chi connectivity index (χ0v) is 13.7. The summed E-state index contributed by atoms with van der Waals surface area (Å²) in [6, 6.07) is 7.27. The molecule has 1 aliphatic rings. The number of ether oxygens (including phenoxy) is 1. The second-order valence-corrected chi connectivity index (χ2v) is 6.19. The lowest BCUT2D eigenvalue weighted by atomic mass is 9.99. The van der Waals surface area contributed by atoms with Crippen molar-refractivity contribution in [3.63, 3.8) is 0 Å². The molecule has 1 fully saturated rings. The summed E-state index contributed by atoms with van der Waals surface area (Å²) in [5.74, 6) is 0.749. The maximum absolute atomic E-state index is 12.7. The number of nitrogens with one attached hydrogen (secondary N) is 1. The fraction of sp³-hybridized carbons (Fsp3) is 0.647. The molecule has 3 nitrogen and oxygen atoms in total. The van der Waals surface area contributed by atoms with Crippen molar-refractivity contribution < 1.29 is 17.9 Å². The van der Waals surface area contributed by atoms with E-state index in [1.54, 1.807) is 0 Å². The van der Waals surface area contributed by atoms with Crippen molar-refractivity contribution >= 4 is 0 Å². The summed E-state index contributed by atoms with van der Waals surface area (Å²) in [6.07, 6.45) is -4.71. The molecule has 0 amide bonds. The molecule has 130 valence electrons. The Morgan fingerprint density at radius 3 is 2.26 bits per heavy atom.